The molecule has 0 unspecified atom stereocenters. The lowest BCUT2D eigenvalue weighted by molar-refractivity contribution is -0.274. The summed E-state index contributed by atoms with van der Waals surface area (Å²) >= 11 is 0. The van der Waals surface area contributed by atoms with Crippen LogP contribution in [0, 0.1) is 0 Å². The van der Waals surface area contributed by atoms with Crippen molar-refractivity contribution < 1.29 is 17.9 Å². The minimum Gasteiger partial charge on any atom is -0.405 e. The van der Waals surface area contributed by atoms with Crippen molar-refractivity contribution in [3.8, 4) is 17.0 Å². The van der Waals surface area contributed by atoms with Crippen LogP contribution in [0.4, 0.5) is 13.2 Å². The van der Waals surface area contributed by atoms with Crippen molar-refractivity contribution in [2.75, 3.05) is 0 Å². The quantitative estimate of drug-likeness (QED) is 0.897. The van der Waals surface area contributed by atoms with Gasteiger partial charge in [0.1, 0.15) is 5.75 Å². The third-order valence-electron chi connectivity index (χ3n) is 2.07. The van der Waals surface area contributed by atoms with Gasteiger partial charge in [0.2, 0.25) is 0 Å². The Hall–Kier alpha value is -2.31. The lowest BCUT2D eigenvalue weighted by Crippen LogP contribution is -2.17. The zero-order valence-corrected chi connectivity index (χ0v) is 8.86. The van der Waals surface area contributed by atoms with E-state index in [0.717, 1.165) is 0 Å². The highest BCUT2D eigenvalue weighted by Crippen LogP contribution is 2.31. The van der Waals surface area contributed by atoms with E-state index in [-0.39, 0.29) is 17.0 Å². The average Bonchev–Trinajstić information content (AvgIpc) is 2.29. The Bertz CT molecular complexity index is 587. The predicted octanol–water partition coefficient (Wildman–Crippen LogP) is 2.34. The molecule has 1 N–H and O–H groups in total. The Morgan fingerprint density at radius 2 is 1.83 bits per heavy atom. The van der Waals surface area contributed by atoms with Crippen molar-refractivity contribution in [2.24, 2.45) is 0 Å². The minimum absolute atomic E-state index is 0.145. The number of hydrogen-bond acceptors (Lipinski definition) is 3. The van der Waals surface area contributed by atoms with E-state index in [1.165, 1.54) is 30.3 Å². The molecule has 0 aliphatic heterocycles. The molecular formula is C11H7F3N2O2. The molecule has 2 rings (SSSR count). The summed E-state index contributed by atoms with van der Waals surface area (Å²) in [4.78, 5) is 10.8. The number of benzene rings is 1. The number of halogens is 3. The van der Waals surface area contributed by atoms with Gasteiger partial charge in [0.25, 0.3) is 5.56 Å². The van der Waals surface area contributed by atoms with Crippen LogP contribution < -0.4 is 10.3 Å². The number of aromatic amines is 1. The zero-order valence-electron chi connectivity index (χ0n) is 8.86. The van der Waals surface area contributed by atoms with Crippen LogP contribution in [0.1, 0.15) is 0 Å². The van der Waals surface area contributed by atoms with Crippen LogP contribution in [0.15, 0.2) is 41.2 Å². The number of para-hydroxylation sites is 1. The molecule has 1 aromatic carbocycles. The lowest BCUT2D eigenvalue weighted by Gasteiger charge is -2.12. The normalized spacial score (nSPS) is 11.3. The number of alkyl halides is 3. The van der Waals surface area contributed by atoms with Crippen molar-refractivity contribution >= 4 is 0 Å². The number of aromatic nitrogens is 2. The Labute approximate surface area is 99.0 Å². The Balaban J connectivity index is 2.44. The summed E-state index contributed by atoms with van der Waals surface area (Å²) in [6.07, 6.45) is -4.78. The number of ether oxygens (including phenoxy) is 1. The molecule has 1 aromatic heterocycles. The van der Waals surface area contributed by atoms with Crippen LogP contribution in [0.3, 0.4) is 0 Å². The molecule has 94 valence electrons. The standard InChI is InChI=1S/C11H7F3N2O2/c12-11(13,14)18-9-4-2-1-3-7(9)8-5-6-10(17)16-15-8/h1-6H,(H,16,17). The van der Waals surface area contributed by atoms with Crippen LogP contribution >= 0.6 is 0 Å². The van der Waals surface area contributed by atoms with E-state index in [1.807, 2.05) is 0 Å². The summed E-state index contributed by atoms with van der Waals surface area (Å²) in [5.41, 5.74) is -0.103. The fourth-order valence-corrected chi connectivity index (χ4v) is 1.39. The predicted molar refractivity (Wildman–Crippen MR) is 57.0 cm³/mol. The van der Waals surface area contributed by atoms with Gasteiger partial charge in [-0.1, -0.05) is 12.1 Å². The van der Waals surface area contributed by atoms with E-state index in [4.69, 9.17) is 0 Å². The van der Waals surface area contributed by atoms with Gasteiger partial charge in [0, 0.05) is 11.6 Å². The SMILES string of the molecule is O=c1ccc(-c2ccccc2OC(F)(F)F)n[nH]1. The number of nitrogens with zero attached hydrogens (tertiary/aromatic N) is 1. The molecule has 0 aliphatic carbocycles. The minimum atomic E-state index is -4.78. The molecule has 0 atom stereocenters. The van der Waals surface area contributed by atoms with Gasteiger partial charge in [-0.2, -0.15) is 5.10 Å². The lowest BCUT2D eigenvalue weighted by atomic mass is 10.1. The van der Waals surface area contributed by atoms with E-state index in [1.54, 1.807) is 6.07 Å². The summed E-state index contributed by atoms with van der Waals surface area (Å²) in [6.45, 7) is 0. The zero-order chi connectivity index (χ0) is 13.2. The first-order valence-electron chi connectivity index (χ1n) is 4.86. The topological polar surface area (TPSA) is 55.0 Å². The van der Waals surface area contributed by atoms with Crippen molar-refractivity contribution in [2.45, 2.75) is 6.36 Å². The van der Waals surface area contributed by atoms with Crippen LogP contribution in [0.2, 0.25) is 0 Å². The second-order valence-electron chi connectivity index (χ2n) is 3.35. The maximum Gasteiger partial charge on any atom is 0.573 e. The molecule has 0 saturated heterocycles. The summed E-state index contributed by atoms with van der Waals surface area (Å²) in [6, 6.07) is 8.04. The molecule has 7 heteroatoms. The van der Waals surface area contributed by atoms with Crippen LogP contribution in [-0.2, 0) is 0 Å². The molecule has 0 aliphatic rings. The van der Waals surface area contributed by atoms with Gasteiger partial charge in [0.05, 0.1) is 5.69 Å². The highest BCUT2D eigenvalue weighted by Gasteiger charge is 2.32. The molecule has 0 amide bonds. The van der Waals surface area contributed by atoms with E-state index in [2.05, 4.69) is 14.9 Å². The summed E-state index contributed by atoms with van der Waals surface area (Å²) in [5.74, 6) is -0.371. The monoisotopic (exact) mass is 256 g/mol. The molecule has 2 aromatic rings. The second kappa shape index (κ2) is 4.52. The van der Waals surface area contributed by atoms with Crippen LogP contribution in [-0.4, -0.2) is 16.6 Å². The smallest absolute Gasteiger partial charge is 0.405 e. The molecule has 4 nitrogen and oxygen atoms in total. The van der Waals surface area contributed by atoms with E-state index in [0.29, 0.717) is 0 Å². The number of H-pyrrole nitrogens is 1. The molecule has 0 bridgehead atoms. The molecule has 0 radical (unpaired) electrons. The third kappa shape index (κ3) is 2.88. The molecule has 1 heterocycles. The Kier molecular flexibility index (Phi) is 3.05. The first-order chi connectivity index (χ1) is 8.46. The van der Waals surface area contributed by atoms with E-state index < -0.39 is 11.9 Å². The molecule has 0 saturated carbocycles. The van der Waals surface area contributed by atoms with Gasteiger partial charge in [0.15, 0.2) is 0 Å². The van der Waals surface area contributed by atoms with Crippen molar-refractivity contribution in [1.29, 1.82) is 0 Å². The average molecular weight is 256 g/mol. The van der Waals surface area contributed by atoms with Gasteiger partial charge in [-0.15, -0.1) is 13.2 Å². The maximum atomic E-state index is 12.2. The highest BCUT2D eigenvalue weighted by atomic mass is 19.4. The van der Waals surface area contributed by atoms with Crippen molar-refractivity contribution in [3.63, 3.8) is 0 Å². The van der Waals surface area contributed by atoms with Gasteiger partial charge < -0.3 is 4.74 Å². The Morgan fingerprint density at radius 1 is 1.11 bits per heavy atom. The first-order valence-corrected chi connectivity index (χ1v) is 4.86. The molecule has 18 heavy (non-hydrogen) atoms. The first kappa shape index (κ1) is 12.2. The summed E-state index contributed by atoms with van der Waals surface area (Å²) in [7, 11) is 0. The van der Waals surface area contributed by atoms with Gasteiger partial charge in [-0.3, -0.25) is 4.79 Å². The van der Waals surface area contributed by atoms with Crippen LogP contribution in [0.25, 0.3) is 11.3 Å². The summed E-state index contributed by atoms with van der Waals surface area (Å²) in [5, 5.41) is 5.80. The third-order valence-corrected chi connectivity index (χ3v) is 2.07. The number of rotatable bonds is 2. The van der Waals surface area contributed by atoms with E-state index in [9.17, 15) is 18.0 Å². The summed E-state index contributed by atoms with van der Waals surface area (Å²) < 4.78 is 40.5. The van der Waals surface area contributed by atoms with Gasteiger partial charge >= 0.3 is 6.36 Å². The fraction of sp³-hybridized carbons (Fsp3) is 0.0909. The molecule has 0 fully saturated rings. The van der Waals surface area contributed by atoms with E-state index >= 15 is 0 Å². The highest BCUT2D eigenvalue weighted by molar-refractivity contribution is 5.66. The number of hydrogen-bond donors (Lipinski definition) is 1. The Morgan fingerprint density at radius 3 is 2.44 bits per heavy atom. The number of nitrogens with one attached hydrogen (secondary N) is 1. The van der Waals surface area contributed by atoms with Crippen molar-refractivity contribution in [1.82, 2.24) is 10.2 Å². The second-order valence-corrected chi connectivity index (χ2v) is 3.35. The van der Waals surface area contributed by atoms with Crippen LogP contribution in [0.5, 0.6) is 5.75 Å². The van der Waals surface area contributed by atoms with Crippen molar-refractivity contribution in [3.05, 3.63) is 46.8 Å². The maximum absolute atomic E-state index is 12.2. The molecule has 0 spiro atoms. The van der Waals surface area contributed by atoms with Gasteiger partial charge in [-0.05, 0) is 18.2 Å². The largest absolute Gasteiger partial charge is 0.573 e. The van der Waals surface area contributed by atoms with Gasteiger partial charge in [-0.25, -0.2) is 5.10 Å². The fourth-order valence-electron chi connectivity index (χ4n) is 1.39. The molecular weight excluding hydrogens is 249 g/mol.